The summed E-state index contributed by atoms with van der Waals surface area (Å²) in [7, 11) is 0. The molecule has 0 fully saturated rings. The fraction of sp³-hybridized carbons (Fsp3) is 0.440. The minimum Gasteiger partial charge on any atom is -0.492 e. The minimum absolute atomic E-state index is 0.136. The van der Waals surface area contributed by atoms with Crippen molar-refractivity contribution < 1.29 is 14.3 Å². The van der Waals surface area contributed by atoms with Gasteiger partial charge in [-0.15, -0.1) is 0 Å². The molecule has 2 aromatic carbocycles. The number of primary amides is 1. The molecule has 2 unspecified atom stereocenters. The van der Waals surface area contributed by atoms with E-state index in [1.807, 2.05) is 57.2 Å². The van der Waals surface area contributed by atoms with Crippen molar-refractivity contribution in [3.05, 3.63) is 59.7 Å². The number of nitrogens with one attached hydrogen (secondary N) is 1. The van der Waals surface area contributed by atoms with Crippen molar-refractivity contribution in [1.29, 1.82) is 0 Å². The second kappa shape index (κ2) is 9.30. The largest absolute Gasteiger partial charge is 0.492 e. The molecular weight excluding hydrogens is 404 g/mol. The first-order valence-electron chi connectivity index (χ1n) is 10.9. The lowest BCUT2D eigenvalue weighted by atomic mass is 9.57. The molecule has 0 saturated heterocycles. The number of hydrogen-bond donors (Lipinski definition) is 3. The van der Waals surface area contributed by atoms with Crippen molar-refractivity contribution >= 4 is 17.5 Å². The SMILES string of the molecule is CC(=O)N1c2cc[c]cc2C(C)(c2ccc(OCCNCCN)cc2)C(C(N)=O)C1(C)C. The van der Waals surface area contributed by atoms with Crippen LogP contribution in [0.5, 0.6) is 5.75 Å². The third-order valence-electron chi connectivity index (χ3n) is 6.42. The summed E-state index contributed by atoms with van der Waals surface area (Å²) in [6.07, 6.45) is 0. The Morgan fingerprint density at radius 2 is 1.84 bits per heavy atom. The van der Waals surface area contributed by atoms with Gasteiger partial charge in [-0.1, -0.05) is 25.1 Å². The van der Waals surface area contributed by atoms with Gasteiger partial charge in [0.05, 0.1) is 11.5 Å². The predicted molar refractivity (Wildman–Crippen MR) is 126 cm³/mol. The molecule has 1 heterocycles. The molecule has 0 spiro atoms. The van der Waals surface area contributed by atoms with Crippen LogP contribution in [-0.4, -0.2) is 43.6 Å². The van der Waals surface area contributed by atoms with Gasteiger partial charge in [0, 0.05) is 37.7 Å². The maximum atomic E-state index is 12.9. The van der Waals surface area contributed by atoms with E-state index in [4.69, 9.17) is 16.2 Å². The summed E-state index contributed by atoms with van der Waals surface area (Å²) in [5.41, 5.74) is 12.4. The Morgan fingerprint density at radius 1 is 1.16 bits per heavy atom. The van der Waals surface area contributed by atoms with E-state index in [9.17, 15) is 9.59 Å². The minimum atomic E-state index is -0.829. The van der Waals surface area contributed by atoms with E-state index in [2.05, 4.69) is 11.4 Å². The van der Waals surface area contributed by atoms with Crippen LogP contribution in [0.3, 0.4) is 0 Å². The number of carbonyl (C=O) groups excluding carboxylic acids is 2. The van der Waals surface area contributed by atoms with E-state index in [-0.39, 0.29) is 5.91 Å². The molecule has 1 radical (unpaired) electrons. The lowest BCUT2D eigenvalue weighted by Crippen LogP contribution is -2.65. The van der Waals surface area contributed by atoms with E-state index in [1.165, 1.54) is 6.92 Å². The number of anilines is 1. The number of hydrogen-bond acceptors (Lipinski definition) is 5. The molecular formula is C25H33N4O3. The fourth-order valence-electron chi connectivity index (χ4n) is 5.23. The van der Waals surface area contributed by atoms with Gasteiger partial charge < -0.3 is 26.4 Å². The van der Waals surface area contributed by atoms with Crippen LogP contribution in [0.2, 0.25) is 0 Å². The molecule has 3 rings (SSSR count). The van der Waals surface area contributed by atoms with Gasteiger partial charge in [-0.25, -0.2) is 0 Å². The first kappa shape index (κ1) is 23.8. The van der Waals surface area contributed by atoms with Crippen LogP contribution in [0.15, 0.2) is 42.5 Å². The van der Waals surface area contributed by atoms with E-state index < -0.39 is 22.8 Å². The van der Waals surface area contributed by atoms with Crippen molar-refractivity contribution in [3.63, 3.8) is 0 Å². The molecule has 32 heavy (non-hydrogen) atoms. The quantitative estimate of drug-likeness (QED) is 0.547. The van der Waals surface area contributed by atoms with Crippen LogP contribution < -0.4 is 26.4 Å². The Morgan fingerprint density at radius 3 is 2.44 bits per heavy atom. The number of carbonyl (C=O) groups is 2. The zero-order valence-corrected chi connectivity index (χ0v) is 19.3. The maximum Gasteiger partial charge on any atom is 0.224 e. The number of nitrogens with two attached hydrogens (primary N) is 2. The van der Waals surface area contributed by atoms with Gasteiger partial charge in [-0.2, -0.15) is 0 Å². The monoisotopic (exact) mass is 437 g/mol. The summed E-state index contributed by atoms with van der Waals surface area (Å²) in [6, 6.07) is 16.4. The van der Waals surface area contributed by atoms with Crippen molar-refractivity contribution in [2.24, 2.45) is 17.4 Å². The topological polar surface area (TPSA) is 111 Å². The van der Waals surface area contributed by atoms with Crippen molar-refractivity contribution in [3.8, 4) is 5.75 Å². The average molecular weight is 438 g/mol. The normalized spacial score (nSPS) is 21.7. The first-order valence-corrected chi connectivity index (χ1v) is 10.9. The summed E-state index contributed by atoms with van der Waals surface area (Å²) in [6.45, 7) is 9.89. The average Bonchev–Trinajstić information content (AvgIpc) is 2.73. The Kier molecular flexibility index (Phi) is 6.91. The van der Waals surface area contributed by atoms with Gasteiger partial charge in [-0.05, 0) is 55.3 Å². The number of amides is 2. The fourth-order valence-corrected chi connectivity index (χ4v) is 5.23. The Hall–Kier alpha value is -2.90. The van der Waals surface area contributed by atoms with Crippen molar-refractivity contribution in [2.75, 3.05) is 31.1 Å². The number of nitrogens with zero attached hydrogens (tertiary/aromatic N) is 1. The number of ether oxygens (including phenoxy) is 1. The van der Waals surface area contributed by atoms with Crippen molar-refractivity contribution in [2.45, 2.75) is 38.6 Å². The van der Waals surface area contributed by atoms with Crippen LogP contribution in [0, 0.1) is 12.0 Å². The molecule has 0 bridgehead atoms. The van der Waals surface area contributed by atoms with Gasteiger partial charge in [-0.3, -0.25) is 9.59 Å². The zero-order chi connectivity index (χ0) is 23.5. The highest BCUT2D eigenvalue weighted by atomic mass is 16.5. The molecule has 7 heteroatoms. The molecule has 2 amide bonds. The summed E-state index contributed by atoms with van der Waals surface area (Å²) in [4.78, 5) is 27.2. The standard InChI is InChI=1S/C25H33N4O3/c1-17(30)29-21-8-6-5-7-20(21)25(4,22(23(27)31)24(29,2)3)18-9-11-19(12-10-18)32-16-15-28-14-13-26/h6-12,22,28H,13-16,26H2,1-4H3,(H2,27,31). The second-order valence-corrected chi connectivity index (χ2v) is 8.90. The van der Waals surface area contributed by atoms with Gasteiger partial charge in [0.1, 0.15) is 12.4 Å². The smallest absolute Gasteiger partial charge is 0.224 e. The highest BCUT2D eigenvalue weighted by Gasteiger charge is 2.57. The van der Waals surface area contributed by atoms with E-state index >= 15 is 0 Å². The second-order valence-electron chi connectivity index (χ2n) is 8.90. The first-order chi connectivity index (χ1) is 15.2. The summed E-state index contributed by atoms with van der Waals surface area (Å²) in [5, 5.41) is 3.19. The van der Waals surface area contributed by atoms with E-state index in [0.29, 0.717) is 19.7 Å². The summed E-state index contributed by atoms with van der Waals surface area (Å²) in [5.74, 6) is -0.510. The molecule has 7 nitrogen and oxygen atoms in total. The van der Waals surface area contributed by atoms with Crippen LogP contribution >= 0.6 is 0 Å². The molecule has 2 atom stereocenters. The Bertz CT molecular complexity index is 973. The molecule has 0 saturated carbocycles. The molecule has 1 aliphatic rings. The molecule has 5 N–H and O–H groups in total. The third-order valence-corrected chi connectivity index (χ3v) is 6.42. The van der Waals surface area contributed by atoms with Crippen LogP contribution in [0.4, 0.5) is 5.69 Å². The molecule has 0 aromatic heterocycles. The number of benzene rings is 2. The zero-order valence-electron chi connectivity index (χ0n) is 19.3. The van der Waals surface area contributed by atoms with Gasteiger partial charge in [0.2, 0.25) is 11.8 Å². The summed E-state index contributed by atoms with van der Waals surface area (Å²) < 4.78 is 5.81. The predicted octanol–water partition coefficient (Wildman–Crippen LogP) is 1.97. The molecule has 0 aliphatic carbocycles. The van der Waals surface area contributed by atoms with Crippen molar-refractivity contribution in [1.82, 2.24) is 5.32 Å². The third kappa shape index (κ3) is 4.10. The van der Waals surface area contributed by atoms with Crippen LogP contribution in [0.1, 0.15) is 38.8 Å². The maximum absolute atomic E-state index is 12.9. The van der Waals surface area contributed by atoms with Gasteiger partial charge in [0.25, 0.3) is 0 Å². The Balaban J connectivity index is 2.04. The van der Waals surface area contributed by atoms with Crippen LogP contribution in [0.25, 0.3) is 0 Å². The Labute approximate surface area is 190 Å². The lowest BCUT2D eigenvalue weighted by Gasteiger charge is -2.55. The molecule has 2 aromatic rings. The number of fused-ring (bicyclic) bond motifs is 1. The summed E-state index contributed by atoms with van der Waals surface area (Å²) >= 11 is 0. The van der Waals surface area contributed by atoms with E-state index in [1.54, 1.807) is 11.0 Å². The van der Waals surface area contributed by atoms with Gasteiger partial charge >= 0.3 is 0 Å². The molecule has 1 aliphatic heterocycles. The highest BCUT2D eigenvalue weighted by molar-refractivity contribution is 5.98. The number of rotatable bonds is 8. The molecule has 171 valence electrons. The lowest BCUT2D eigenvalue weighted by molar-refractivity contribution is -0.127. The highest BCUT2D eigenvalue weighted by Crippen LogP contribution is 2.54. The van der Waals surface area contributed by atoms with Crippen LogP contribution in [-0.2, 0) is 15.0 Å². The van der Waals surface area contributed by atoms with E-state index in [0.717, 1.165) is 29.1 Å². The van der Waals surface area contributed by atoms with Gasteiger partial charge in [0.15, 0.2) is 0 Å².